The predicted molar refractivity (Wildman–Crippen MR) is 113 cm³/mol. The first-order valence-electron chi connectivity index (χ1n) is 9.41. The van der Waals surface area contributed by atoms with Gasteiger partial charge in [0.05, 0.1) is 17.7 Å². The van der Waals surface area contributed by atoms with Crippen LogP contribution in [0.3, 0.4) is 0 Å². The Morgan fingerprint density at radius 1 is 1.03 bits per heavy atom. The molecule has 4 aromatic rings. The zero-order chi connectivity index (χ0) is 22.0. The van der Waals surface area contributed by atoms with Crippen molar-refractivity contribution in [1.29, 1.82) is 0 Å². The molecule has 0 saturated heterocycles. The van der Waals surface area contributed by atoms with Gasteiger partial charge in [0.2, 0.25) is 0 Å². The van der Waals surface area contributed by atoms with Crippen LogP contribution in [0.1, 0.15) is 22.3 Å². The van der Waals surface area contributed by atoms with E-state index < -0.39 is 11.7 Å². The van der Waals surface area contributed by atoms with Crippen molar-refractivity contribution in [3.05, 3.63) is 88.2 Å². The van der Waals surface area contributed by atoms with Gasteiger partial charge in [-0.2, -0.15) is 13.2 Å². The molecule has 0 radical (unpaired) electrons. The van der Waals surface area contributed by atoms with Crippen LogP contribution in [0.4, 0.5) is 13.2 Å². The molecule has 0 amide bonds. The van der Waals surface area contributed by atoms with Crippen LogP contribution in [0.5, 0.6) is 11.5 Å². The van der Waals surface area contributed by atoms with E-state index in [9.17, 15) is 13.2 Å². The predicted octanol–water partition coefficient (Wildman–Crippen LogP) is 6.41. The van der Waals surface area contributed by atoms with E-state index >= 15 is 0 Å². The summed E-state index contributed by atoms with van der Waals surface area (Å²) in [7, 11) is 1.52. The number of nitrogens with one attached hydrogen (secondary N) is 1. The minimum Gasteiger partial charge on any atom is -0.493 e. The SMILES string of the molecule is COc1cc(Cc2c[nH]c3ncccc23)ccc1OCc1ccc(Cl)c(C(F)(F)F)c1. The molecular weight excluding hydrogens is 429 g/mol. The van der Waals surface area contributed by atoms with Gasteiger partial charge in [-0.1, -0.05) is 23.7 Å². The minimum atomic E-state index is -4.52. The standard InChI is InChI=1S/C23H18ClF3N2O2/c1-30-21-11-14(9-16-12-29-22-17(16)3-2-8-28-22)5-7-20(21)31-13-15-4-6-19(24)18(10-15)23(25,26)27/h2-8,10-12H,9,13H2,1H3,(H,28,29). The van der Waals surface area contributed by atoms with E-state index in [4.69, 9.17) is 21.1 Å². The molecular formula is C23H18ClF3N2O2. The van der Waals surface area contributed by atoms with Crippen molar-refractivity contribution in [3.63, 3.8) is 0 Å². The second kappa shape index (κ2) is 8.51. The van der Waals surface area contributed by atoms with Crippen molar-refractivity contribution >= 4 is 22.6 Å². The van der Waals surface area contributed by atoms with Crippen LogP contribution in [0, 0.1) is 0 Å². The third-order valence-electron chi connectivity index (χ3n) is 4.89. The van der Waals surface area contributed by atoms with E-state index in [-0.39, 0.29) is 11.6 Å². The van der Waals surface area contributed by atoms with Crippen LogP contribution in [0.2, 0.25) is 5.02 Å². The number of aromatic nitrogens is 2. The number of methoxy groups -OCH3 is 1. The van der Waals surface area contributed by atoms with Crippen molar-refractivity contribution in [2.45, 2.75) is 19.2 Å². The Labute approximate surface area is 181 Å². The van der Waals surface area contributed by atoms with Gasteiger partial charge in [0.15, 0.2) is 11.5 Å². The molecule has 0 saturated carbocycles. The fourth-order valence-electron chi connectivity index (χ4n) is 3.36. The number of ether oxygens (including phenoxy) is 2. The van der Waals surface area contributed by atoms with Gasteiger partial charge in [-0.05, 0) is 59.5 Å². The lowest BCUT2D eigenvalue weighted by molar-refractivity contribution is -0.137. The number of pyridine rings is 1. The molecule has 0 unspecified atom stereocenters. The second-order valence-corrected chi connectivity index (χ2v) is 7.38. The molecule has 0 bridgehead atoms. The van der Waals surface area contributed by atoms with Gasteiger partial charge < -0.3 is 14.5 Å². The molecule has 0 aliphatic heterocycles. The van der Waals surface area contributed by atoms with E-state index in [1.54, 1.807) is 12.3 Å². The molecule has 1 N–H and O–H groups in total. The summed E-state index contributed by atoms with van der Waals surface area (Å²) < 4.78 is 50.3. The van der Waals surface area contributed by atoms with E-state index in [0.717, 1.165) is 28.2 Å². The summed E-state index contributed by atoms with van der Waals surface area (Å²) >= 11 is 5.67. The number of rotatable bonds is 6. The number of nitrogens with zero attached hydrogens (tertiary/aromatic N) is 1. The lowest BCUT2D eigenvalue weighted by Crippen LogP contribution is -2.07. The molecule has 0 fully saturated rings. The van der Waals surface area contributed by atoms with Crippen LogP contribution in [-0.2, 0) is 19.2 Å². The molecule has 4 rings (SSSR count). The highest BCUT2D eigenvalue weighted by atomic mass is 35.5. The Morgan fingerprint density at radius 3 is 2.61 bits per heavy atom. The Kier molecular flexibility index (Phi) is 5.78. The number of halogens is 4. The van der Waals surface area contributed by atoms with Crippen molar-refractivity contribution in [1.82, 2.24) is 9.97 Å². The average molecular weight is 447 g/mol. The van der Waals surface area contributed by atoms with Crippen LogP contribution >= 0.6 is 11.6 Å². The quantitative estimate of drug-likeness (QED) is 0.372. The van der Waals surface area contributed by atoms with Crippen molar-refractivity contribution in [2.24, 2.45) is 0 Å². The number of hydrogen-bond donors (Lipinski definition) is 1. The second-order valence-electron chi connectivity index (χ2n) is 6.98. The molecule has 160 valence electrons. The molecule has 2 aromatic carbocycles. The van der Waals surface area contributed by atoms with Gasteiger partial charge >= 0.3 is 6.18 Å². The zero-order valence-corrected chi connectivity index (χ0v) is 17.2. The Balaban J connectivity index is 1.51. The lowest BCUT2D eigenvalue weighted by Gasteiger charge is -2.14. The first kappa shape index (κ1) is 21.1. The number of aromatic amines is 1. The fourth-order valence-corrected chi connectivity index (χ4v) is 3.59. The first-order chi connectivity index (χ1) is 14.8. The van der Waals surface area contributed by atoms with E-state index in [0.29, 0.717) is 23.5 Å². The molecule has 2 heterocycles. The average Bonchev–Trinajstić information content (AvgIpc) is 3.15. The lowest BCUT2D eigenvalue weighted by atomic mass is 10.0. The summed E-state index contributed by atoms with van der Waals surface area (Å²) in [6.07, 6.45) is -0.206. The summed E-state index contributed by atoms with van der Waals surface area (Å²) in [6.45, 7) is -0.0515. The Hall–Kier alpha value is -3.19. The normalized spacial score (nSPS) is 11.6. The van der Waals surface area contributed by atoms with Gasteiger partial charge in [0, 0.05) is 17.8 Å². The number of alkyl halides is 3. The maximum absolute atomic E-state index is 13.1. The van der Waals surface area contributed by atoms with Crippen LogP contribution in [0.15, 0.2) is 60.9 Å². The maximum Gasteiger partial charge on any atom is 0.417 e. The highest BCUT2D eigenvalue weighted by Gasteiger charge is 2.33. The van der Waals surface area contributed by atoms with E-state index in [1.165, 1.54) is 19.2 Å². The van der Waals surface area contributed by atoms with Gasteiger partial charge in [-0.25, -0.2) is 4.98 Å². The maximum atomic E-state index is 13.1. The van der Waals surface area contributed by atoms with Crippen molar-refractivity contribution in [3.8, 4) is 11.5 Å². The molecule has 0 spiro atoms. The number of hydrogen-bond acceptors (Lipinski definition) is 3. The van der Waals surface area contributed by atoms with Gasteiger partial charge in [-0.3, -0.25) is 0 Å². The fraction of sp³-hybridized carbons (Fsp3) is 0.174. The molecule has 2 aromatic heterocycles. The summed E-state index contributed by atoms with van der Waals surface area (Å²) in [5, 5.41) is 0.704. The largest absolute Gasteiger partial charge is 0.493 e. The highest BCUT2D eigenvalue weighted by molar-refractivity contribution is 6.31. The van der Waals surface area contributed by atoms with Crippen molar-refractivity contribution in [2.75, 3.05) is 7.11 Å². The topological polar surface area (TPSA) is 47.1 Å². The zero-order valence-electron chi connectivity index (χ0n) is 16.5. The summed E-state index contributed by atoms with van der Waals surface area (Å²) in [6, 6.07) is 13.1. The first-order valence-corrected chi connectivity index (χ1v) is 9.79. The summed E-state index contributed by atoms with van der Waals surface area (Å²) in [5.41, 5.74) is 2.39. The van der Waals surface area contributed by atoms with Gasteiger partial charge in [0.25, 0.3) is 0 Å². The van der Waals surface area contributed by atoms with Crippen LogP contribution in [0.25, 0.3) is 11.0 Å². The van der Waals surface area contributed by atoms with Gasteiger partial charge in [0.1, 0.15) is 12.3 Å². The third-order valence-corrected chi connectivity index (χ3v) is 5.22. The highest BCUT2D eigenvalue weighted by Crippen LogP contribution is 2.36. The number of H-pyrrole nitrogens is 1. The third kappa shape index (κ3) is 4.61. The van der Waals surface area contributed by atoms with Crippen LogP contribution in [-0.4, -0.2) is 17.1 Å². The van der Waals surface area contributed by atoms with E-state index in [1.807, 2.05) is 30.5 Å². The van der Waals surface area contributed by atoms with Crippen LogP contribution < -0.4 is 9.47 Å². The molecule has 4 nitrogen and oxygen atoms in total. The van der Waals surface area contributed by atoms with Gasteiger partial charge in [-0.15, -0.1) is 0 Å². The number of fused-ring (bicyclic) bond motifs is 1. The molecule has 8 heteroatoms. The summed E-state index contributed by atoms with van der Waals surface area (Å²) in [4.78, 5) is 7.44. The molecule has 0 aliphatic carbocycles. The number of benzene rings is 2. The molecule has 0 aliphatic rings. The molecule has 0 atom stereocenters. The van der Waals surface area contributed by atoms with Crippen molar-refractivity contribution < 1.29 is 22.6 Å². The monoisotopic (exact) mass is 446 g/mol. The molecule has 31 heavy (non-hydrogen) atoms. The minimum absolute atomic E-state index is 0.0515. The van der Waals surface area contributed by atoms with E-state index in [2.05, 4.69) is 9.97 Å². The summed E-state index contributed by atoms with van der Waals surface area (Å²) in [5.74, 6) is 0.941. The smallest absolute Gasteiger partial charge is 0.417 e. The Morgan fingerprint density at radius 2 is 1.84 bits per heavy atom. The Bertz CT molecular complexity index is 1220.